The zero-order valence-corrected chi connectivity index (χ0v) is 19.9. The Morgan fingerprint density at radius 3 is 2.55 bits per heavy atom. The van der Waals surface area contributed by atoms with Crippen LogP contribution < -0.4 is 0 Å². The number of likely N-dealkylation sites (N-methyl/N-ethyl adjacent to an activating group) is 1. The van der Waals surface area contributed by atoms with Crippen LogP contribution in [0.3, 0.4) is 0 Å². The number of nitrogens with zero attached hydrogens (tertiary/aromatic N) is 4. The molecule has 33 heavy (non-hydrogen) atoms. The Labute approximate surface area is 195 Å². The van der Waals surface area contributed by atoms with Gasteiger partial charge < -0.3 is 9.32 Å². The average Bonchev–Trinajstić information content (AvgIpc) is 3.37. The standard InChI is InChI=1S/C26H33FN4O2/c1-18-22(16-29(3)28-18)17-31-12-9-20(10-13-31)25(15-21-7-5-6-8-24(21)27)30(4)26(32)23-11-14-33-19(23)2/h5-8,11,14,16,20,25H,9-10,12-13,15,17H2,1-4H3. The van der Waals surface area contributed by atoms with Crippen molar-refractivity contribution >= 4 is 5.91 Å². The van der Waals surface area contributed by atoms with E-state index in [0.29, 0.717) is 23.3 Å². The second-order valence-corrected chi connectivity index (χ2v) is 9.20. The monoisotopic (exact) mass is 452 g/mol. The van der Waals surface area contributed by atoms with E-state index in [1.807, 2.05) is 37.8 Å². The molecule has 7 heteroatoms. The fourth-order valence-electron chi connectivity index (χ4n) is 5.00. The molecule has 0 aliphatic carbocycles. The molecule has 1 aromatic carbocycles. The van der Waals surface area contributed by atoms with Crippen LogP contribution in [0.4, 0.5) is 4.39 Å². The fourth-order valence-corrected chi connectivity index (χ4v) is 5.00. The molecule has 1 saturated heterocycles. The molecule has 3 aromatic rings. The Hall–Kier alpha value is -2.93. The Kier molecular flexibility index (Phi) is 6.98. The first-order valence-electron chi connectivity index (χ1n) is 11.6. The maximum Gasteiger partial charge on any atom is 0.257 e. The molecular formula is C26H33FN4O2. The third kappa shape index (κ3) is 5.19. The number of carbonyl (C=O) groups is 1. The molecular weight excluding hydrogens is 419 g/mol. The van der Waals surface area contributed by atoms with E-state index in [2.05, 4.69) is 16.2 Å². The second-order valence-electron chi connectivity index (χ2n) is 9.20. The summed E-state index contributed by atoms with van der Waals surface area (Å²) in [5.74, 6) is 0.610. The summed E-state index contributed by atoms with van der Waals surface area (Å²) < 4.78 is 21.7. The topological polar surface area (TPSA) is 54.5 Å². The lowest BCUT2D eigenvalue weighted by Crippen LogP contribution is -2.47. The number of piperidine rings is 1. The van der Waals surface area contributed by atoms with Crippen LogP contribution in [0.2, 0.25) is 0 Å². The van der Waals surface area contributed by atoms with Gasteiger partial charge in [-0.1, -0.05) is 18.2 Å². The highest BCUT2D eigenvalue weighted by Gasteiger charge is 2.33. The van der Waals surface area contributed by atoms with Gasteiger partial charge in [0, 0.05) is 38.4 Å². The number of aryl methyl sites for hydroxylation is 3. The molecule has 1 aliphatic heterocycles. The number of rotatable bonds is 7. The average molecular weight is 453 g/mol. The molecule has 4 rings (SSSR count). The Morgan fingerprint density at radius 2 is 1.94 bits per heavy atom. The van der Waals surface area contributed by atoms with Gasteiger partial charge in [0.05, 0.1) is 17.5 Å². The fraction of sp³-hybridized carbons (Fsp3) is 0.462. The van der Waals surface area contributed by atoms with Crippen LogP contribution in [0, 0.1) is 25.6 Å². The summed E-state index contributed by atoms with van der Waals surface area (Å²) in [4.78, 5) is 17.5. The smallest absolute Gasteiger partial charge is 0.257 e. The lowest BCUT2D eigenvalue weighted by atomic mass is 9.84. The van der Waals surface area contributed by atoms with Crippen molar-refractivity contribution in [2.75, 3.05) is 20.1 Å². The van der Waals surface area contributed by atoms with Crippen LogP contribution in [0.15, 0.2) is 47.2 Å². The summed E-state index contributed by atoms with van der Waals surface area (Å²) in [5, 5.41) is 4.45. The highest BCUT2D eigenvalue weighted by atomic mass is 19.1. The van der Waals surface area contributed by atoms with E-state index in [4.69, 9.17) is 4.42 Å². The van der Waals surface area contributed by atoms with Gasteiger partial charge in [0.1, 0.15) is 11.6 Å². The van der Waals surface area contributed by atoms with E-state index in [9.17, 15) is 9.18 Å². The molecule has 1 fully saturated rings. The summed E-state index contributed by atoms with van der Waals surface area (Å²) in [7, 11) is 3.79. The van der Waals surface area contributed by atoms with Crippen molar-refractivity contribution in [3.05, 3.63) is 76.8 Å². The van der Waals surface area contributed by atoms with Gasteiger partial charge in [-0.25, -0.2) is 4.39 Å². The van der Waals surface area contributed by atoms with Crippen LogP contribution >= 0.6 is 0 Å². The lowest BCUT2D eigenvalue weighted by molar-refractivity contribution is 0.0581. The van der Waals surface area contributed by atoms with Gasteiger partial charge in [-0.05, 0) is 69.8 Å². The summed E-state index contributed by atoms with van der Waals surface area (Å²) in [6.07, 6.45) is 6.04. The van der Waals surface area contributed by atoms with Gasteiger partial charge in [-0.3, -0.25) is 14.4 Å². The Morgan fingerprint density at radius 1 is 1.21 bits per heavy atom. The molecule has 1 amide bonds. The molecule has 6 nitrogen and oxygen atoms in total. The summed E-state index contributed by atoms with van der Waals surface area (Å²) in [6, 6.07) is 8.50. The quantitative estimate of drug-likeness (QED) is 0.534. The molecule has 3 heterocycles. The van der Waals surface area contributed by atoms with Gasteiger partial charge in [-0.15, -0.1) is 0 Å². The van der Waals surface area contributed by atoms with Crippen molar-refractivity contribution < 1.29 is 13.6 Å². The molecule has 1 aliphatic rings. The summed E-state index contributed by atoms with van der Waals surface area (Å²) in [6.45, 7) is 6.61. The van der Waals surface area contributed by atoms with E-state index >= 15 is 0 Å². The number of halogens is 1. The van der Waals surface area contributed by atoms with E-state index in [1.54, 1.807) is 30.2 Å². The highest BCUT2D eigenvalue weighted by Crippen LogP contribution is 2.29. The normalized spacial score (nSPS) is 16.2. The first-order chi connectivity index (χ1) is 15.8. The van der Waals surface area contributed by atoms with Crippen LogP contribution in [0.5, 0.6) is 0 Å². The third-order valence-electron chi connectivity index (χ3n) is 6.98. The predicted octanol–water partition coefficient (Wildman–Crippen LogP) is 4.36. The maximum absolute atomic E-state index is 14.5. The number of hydrogen-bond donors (Lipinski definition) is 0. The number of amides is 1. The van der Waals surface area contributed by atoms with Crippen LogP contribution in [-0.2, 0) is 20.0 Å². The van der Waals surface area contributed by atoms with Crippen LogP contribution in [0.25, 0.3) is 0 Å². The number of benzene rings is 1. The highest BCUT2D eigenvalue weighted by molar-refractivity contribution is 5.95. The number of likely N-dealkylation sites (tertiary alicyclic amines) is 1. The van der Waals surface area contributed by atoms with E-state index < -0.39 is 0 Å². The molecule has 0 spiro atoms. The van der Waals surface area contributed by atoms with Crippen LogP contribution in [0.1, 0.15) is 45.8 Å². The lowest BCUT2D eigenvalue weighted by Gasteiger charge is -2.40. The zero-order valence-electron chi connectivity index (χ0n) is 19.9. The number of hydrogen-bond acceptors (Lipinski definition) is 4. The van der Waals surface area contributed by atoms with E-state index in [-0.39, 0.29) is 23.7 Å². The van der Waals surface area contributed by atoms with Crippen molar-refractivity contribution in [3.8, 4) is 0 Å². The maximum atomic E-state index is 14.5. The molecule has 2 aromatic heterocycles. The SMILES string of the molecule is Cc1nn(C)cc1CN1CCC(C(Cc2ccccc2F)N(C)C(=O)c2ccoc2C)CC1. The number of carbonyl (C=O) groups excluding carboxylic acids is 1. The van der Waals surface area contributed by atoms with Gasteiger partial charge in [0.2, 0.25) is 0 Å². The molecule has 0 radical (unpaired) electrons. The first-order valence-corrected chi connectivity index (χ1v) is 11.6. The van der Waals surface area contributed by atoms with Gasteiger partial charge in [0.15, 0.2) is 0 Å². The number of aromatic nitrogens is 2. The van der Waals surface area contributed by atoms with Gasteiger partial charge in [0.25, 0.3) is 5.91 Å². The molecule has 176 valence electrons. The third-order valence-corrected chi connectivity index (χ3v) is 6.98. The second kappa shape index (κ2) is 9.91. The molecule has 0 saturated carbocycles. The molecule has 1 atom stereocenters. The molecule has 0 bridgehead atoms. The van der Waals surface area contributed by atoms with Crippen molar-refractivity contribution in [2.24, 2.45) is 13.0 Å². The summed E-state index contributed by atoms with van der Waals surface area (Å²) in [5.41, 5.74) is 3.54. The van der Waals surface area contributed by atoms with E-state index in [1.165, 1.54) is 11.6 Å². The van der Waals surface area contributed by atoms with Crippen molar-refractivity contribution in [3.63, 3.8) is 0 Å². The Balaban J connectivity index is 1.50. The molecule has 0 N–H and O–H groups in total. The Bertz CT molecular complexity index is 1100. The van der Waals surface area contributed by atoms with E-state index in [0.717, 1.165) is 38.2 Å². The van der Waals surface area contributed by atoms with Crippen molar-refractivity contribution in [1.82, 2.24) is 19.6 Å². The van der Waals surface area contributed by atoms with Gasteiger partial charge >= 0.3 is 0 Å². The predicted molar refractivity (Wildman–Crippen MR) is 125 cm³/mol. The minimum atomic E-state index is -0.215. The minimum absolute atomic E-state index is 0.0731. The minimum Gasteiger partial charge on any atom is -0.469 e. The van der Waals surface area contributed by atoms with Crippen molar-refractivity contribution in [1.29, 1.82) is 0 Å². The first kappa shape index (κ1) is 23.2. The van der Waals surface area contributed by atoms with Crippen LogP contribution in [-0.4, -0.2) is 51.7 Å². The largest absolute Gasteiger partial charge is 0.469 e. The summed E-state index contributed by atoms with van der Waals surface area (Å²) >= 11 is 0. The zero-order chi connectivity index (χ0) is 23.5. The van der Waals surface area contributed by atoms with Crippen molar-refractivity contribution in [2.45, 2.75) is 45.7 Å². The van der Waals surface area contributed by atoms with Gasteiger partial charge in [-0.2, -0.15) is 5.10 Å². The number of furan rings is 1. The molecule has 1 unspecified atom stereocenters.